The predicted molar refractivity (Wildman–Crippen MR) is 94.5 cm³/mol. The van der Waals surface area contributed by atoms with Gasteiger partial charge in [-0.2, -0.15) is 0 Å². The van der Waals surface area contributed by atoms with E-state index in [0.717, 1.165) is 5.56 Å². The Morgan fingerprint density at radius 2 is 1.85 bits per heavy atom. The van der Waals surface area contributed by atoms with E-state index in [2.05, 4.69) is 9.97 Å². The van der Waals surface area contributed by atoms with Gasteiger partial charge in [0.25, 0.3) is 0 Å². The highest BCUT2D eigenvalue weighted by Gasteiger charge is 2.26. The largest absolute Gasteiger partial charge is 0.454 e. The van der Waals surface area contributed by atoms with Crippen molar-refractivity contribution < 1.29 is 18.8 Å². The van der Waals surface area contributed by atoms with Crippen LogP contribution in [0, 0.1) is 15.9 Å². The summed E-state index contributed by atoms with van der Waals surface area (Å²) in [5.74, 6) is 0.942. The summed E-state index contributed by atoms with van der Waals surface area (Å²) >= 11 is 6.08. The van der Waals surface area contributed by atoms with E-state index in [-0.39, 0.29) is 35.7 Å². The van der Waals surface area contributed by atoms with Crippen LogP contribution < -0.4 is 9.47 Å². The lowest BCUT2D eigenvalue weighted by Gasteiger charge is -2.08. The molecule has 0 bridgehead atoms. The van der Waals surface area contributed by atoms with E-state index in [1.807, 2.05) is 0 Å². The minimum Gasteiger partial charge on any atom is -0.454 e. The van der Waals surface area contributed by atoms with Crippen LogP contribution in [0.5, 0.6) is 11.5 Å². The summed E-state index contributed by atoms with van der Waals surface area (Å²) in [4.78, 5) is 19.3. The maximum Gasteiger partial charge on any atom is 0.332 e. The fourth-order valence-corrected chi connectivity index (χ4v) is 3.00. The molecule has 7 nitrogen and oxygen atoms in total. The Labute approximate surface area is 157 Å². The molecule has 2 heterocycles. The average Bonchev–Trinajstić information content (AvgIpc) is 3.10. The number of benzene rings is 2. The second-order valence-electron chi connectivity index (χ2n) is 5.76. The molecule has 0 unspecified atom stereocenters. The van der Waals surface area contributed by atoms with Crippen LogP contribution in [-0.4, -0.2) is 21.7 Å². The lowest BCUT2D eigenvalue weighted by molar-refractivity contribution is -0.384. The van der Waals surface area contributed by atoms with Crippen LogP contribution in [0.25, 0.3) is 11.3 Å². The van der Waals surface area contributed by atoms with Gasteiger partial charge >= 0.3 is 5.69 Å². The van der Waals surface area contributed by atoms with Gasteiger partial charge in [-0.1, -0.05) is 23.7 Å². The van der Waals surface area contributed by atoms with Crippen molar-refractivity contribution in [2.45, 2.75) is 6.42 Å². The van der Waals surface area contributed by atoms with Crippen LogP contribution in [0.4, 0.5) is 10.1 Å². The number of rotatable bonds is 4. The van der Waals surface area contributed by atoms with E-state index in [0.29, 0.717) is 17.1 Å². The maximum atomic E-state index is 13.1. The normalized spacial score (nSPS) is 12.2. The van der Waals surface area contributed by atoms with Crippen molar-refractivity contribution in [3.8, 4) is 22.8 Å². The molecule has 0 saturated heterocycles. The zero-order valence-corrected chi connectivity index (χ0v) is 14.4. The number of nitrogens with zero attached hydrogens (tertiary/aromatic N) is 3. The quantitative estimate of drug-likeness (QED) is 0.379. The first-order valence-electron chi connectivity index (χ1n) is 7.86. The molecule has 27 heavy (non-hydrogen) atoms. The van der Waals surface area contributed by atoms with Crippen molar-refractivity contribution in [2.75, 3.05) is 6.79 Å². The zero-order valence-electron chi connectivity index (χ0n) is 13.7. The van der Waals surface area contributed by atoms with Crippen molar-refractivity contribution in [2.24, 2.45) is 0 Å². The fourth-order valence-electron chi connectivity index (χ4n) is 2.74. The number of ether oxygens (including phenoxy) is 2. The molecule has 0 saturated carbocycles. The van der Waals surface area contributed by atoms with E-state index in [1.165, 1.54) is 12.1 Å². The van der Waals surface area contributed by atoms with Crippen molar-refractivity contribution in [1.82, 2.24) is 9.97 Å². The van der Waals surface area contributed by atoms with Gasteiger partial charge in [-0.3, -0.25) is 10.1 Å². The third-order valence-corrected chi connectivity index (χ3v) is 4.26. The van der Waals surface area contributed by atoms with E-state index in [4.69, 9.17) is 21.1 Å². The highest BCUT2D eigenvalue weighted by atomic mass is 35.5. The monoisotopic (exact) mass is 387 g/mol. The van der Waals surface area contributed by atoms with E-state index in [1.54, 1.807) is 30.3 Å². The number of fused-ring (bicyclic) bond motifs is 1. The second kappa shape index (κ2) is 6.81. The summed E-state index contributed by atoms with van der Waals surface area (Å²) in [7, 11) is 0. The molecule has 0 atom stereocenters. The summed E-state index contributed by atoms with van der Waals surface area (Å²) < 4.78 is 23.7. The number of aromatic nitrogens is 2. The van der Waals surface area contributed by atoms with Crippen molar-refractivity contribution in [1.29, 1.82) is 0 Å². The standard InChI is InChI=1S/C18H11ClFN3O4/c19-18-17(23(24)25)16(11-3-6-13-14(8-11)27-9-26-13)21-15(22-18)7-10-1-4-12(20)5-2-10/h1-6,8H,7,9H2. The van der Waals surface area contributed by atoms with Crippen molar-refractivity contribution in [3.05, 3.63) is 74.9 Å². The molecule has 0 N–H and O–H groups in total. The smallest absolute Gasteiger partial charge is 0.332 e. The number of hydrogen-bond donors (Lipinski definition) is 0. The molecule has 4 rings (SSSR count). The highest BCUT2D eigenvalue weighted by molar-refractivity contribution is 6.32. The summed E-state index contributed by atoms with van der Waals surface area (Å²) in [5, 5.41) is 11.2. The number of nitro groups is 1. The lowest BCUT2D eigenvalue weighted by atomic mass is 10.1. The first kappa shape index (κ1) is 17.2. The highest BCUT2D eigenvalue weighted by Crippen LogP contribution is 2.39. The molecular formula is C18H11ClFN3O4. The van der Waals surface area contributed by atoms with E-state index in [9.17, 15) is 14.5 Å². The molecule has 2 aromatic carbocycles. The van der Waals surface area contributed by atoms with Crippen LogP contribution >= 0.6 is 11.6 Å². The van der Waals surface area contributed by atoms with Crippen LogP contribution in [0.1, 0.15) is 11.4 Å². The molecule has 0 spiro atoms. The van der Waals surface area contributed by atoms with Gasteiger partial charge < -0.3 is 9.47 Å². The Balaban J connectivity index is 1.79. The predicted octanol–water partition coefficient (Wildman–Crippen LogP) is 4.16. The van der Waals surface area contributed by atoms with Crippen molar-refractivity contribution >= 4 is 17.3 Å². The Kier molecular flexibility index (Phi) is 4.33. The van der Waals surface area contributed by atoms with Gasteiger partial charge in [-0.05, 0) is 35.9 Å². The minimum absolute atomic E-state index is 0.0791. The van der Waals surface area contributed by atoms with Gasteiger partial charge in [0.2, 0.25) is 11.9 Å². The fraction of sp³-hybridized carbons (Fsp3) is 0.111. The van der Waals surface area contributed by atoms with Crippen LogP contribution in [0.3, 0.4) is 0 Å². The van der Waals surface area contributed by atoms with Gasteiger partial charge in [-0.15, -0.1) is 0 Å². The summed E-state index contributed by atoms with van der Waals surface area (Å²) in [6.45, 7) is 0.0846. The van der Waals surface area contributed by atoms with Gasteiger partial charge in [0.05, 0.1) is 4.92 Å². The molecule has 1 aliphatic rings. The van der Waals surface area contributed by atoms with Gasteiger partial charge in [0.15, 0.2) is 17.2 Å². The number of halogens is 2. The average molecular weight is 388 g/mol. The van der Waals surface area contributed by atoms with E-state index >= 15 is 0 Å². The first-order valence-corrected chi connectivity index (χ1v) is 8.24. The molecule has 0 radical (unpaired) electrons. The molecule has 1 aliphatic heterocycles. The Morgan fingerprint density at radius 3 is 2.59 bits per heavy atom. The first-order chi connectivity index (χ1) is 13.0. The van der Waals surface area contributed by atoms with Gasteiger partial charge in [-0.25, -0.2) is 14.4 Å². The molecule has 0 fully saturated rings. The summed E-state index contributed by atoms with van der Waals surface area (Å²) in [6, 6.07) is 10.7. The van der Waals surface area contributed by atoms with Crippen LogP contribution in [0.15, 0.2) is 42.5 Å². The van der Waals surface area contributed by atoms with E-state index < -0.39 is 10.6 Å². The number of hydrogen-bond acceptors (Lipinski definition) is 6. The molecule has 9 heteroatoms. The zero-order chi connectivity index (χ0) is 19.0. The molecule has 1 aromatic heterocycles. The molecule has 0 amide bonds. The molecule has 3 aromatic rings. The topological polar surface area (TPSA) is 87.4 Å². The Hall–Kier alpha value is -3.26. The van der Waals surface area contributed by atoms with Crippen LogP contribution in [-0.2, 0) is 6.42 Å². The van der Waals surface area contributed by atoms with Crippen molar-refractivity contribution in [3.63, 3.8) is 0 Å². The van der Waals surface area contributed by atoms with Gasteiger partial charge in [0, 0.05) is 12.0 Å². The van der Waals surface area contributed by atoms with Gasteiger partial charge in [0.1, 0.15) is 11.6 Å². The summed E-state index contributed by atoms with van der Waals surface area (Å²) in [5.41, 5.74) is 0.891. The maximum absolute atomic E-state index is 13.1. The third-order valence-electron chi connectivity index (χ3n) is 3.99. The summed E-state index contributed by atoms with van der Waals surface area (Å²) in [6.07, 6.45) is 0.246. The SMILES string of the molecule is O=[N+]([O-])c1c(Cl)nc(Cc2ccc(F)cc2)nc1-c1ccc2c(c1)OCO2. The Morgan fingerprint density at radius 1 is 1.11 bits per heavy atom. The Bertz CT molecular complexity index is 1040. The second-order valence-corrected chi connectivity index (χ2v) is 6.11. The minimum atomic E-state index is -0.621. The lowest BCUT2D eigenvalue weighted by Crippen LogP contribution is -2.04. The third kappa shape index (κ3) is 3.39. The molecule has 136 valence electrons. The van der Waals surface area contributed by atoms with Crippen LogP contribution in [0.2, 0.25) is 5.15 Å². The molecular weight excluding hydrogens is 377 g/mol. The molecule has 0 aliphatic carbocycles.